The molecule has 1 saturated heterocycles. The van der Waals surface area contributed by atoms with E-state index in [-0.39, 0.29) is 16.3 Å². The second-order valence-electron chi connectivity index (χ2n) is 5.95. The second-order valence-corrected chi connectivity index (χ2v) is 7.16. The summed E-state index contributed by atoms with van der Waals surface area (Å²) in [6.07, 6.45) is 0.449. The molecule has 8 heteroatoms. The van der Waals surface area contributed by atoms with Crippen LogP contribution in [0.4, 0.5) is 5.69 Å². The van der Waals surface area contributed by atoms with E-state index in [0.717, 1.165) is 5.56 Å². The first-order chi connectivity index (χ1) is 12.9. The zero-order chi connectivity index (χ0) is 19.4. The Morgan fingerprint density at radius 1 is 1.11 bits per heavy atom. The SMILES string of the molecule is N=C1NC(=O)C(Cc2ccc(N(CC(=O)O)C(=O)c3ccccc3)cc2)S1. The van der Waals surface area contributed by atoms with E-state index in [4.69, 9.17) is 5.41 Å². The molecule has 1 fully saturated rings. The van der Waals surface area contributed by atoms with Gasteiger partial charge in [-0.1, -0.05) is 42.1 Å². The number of carbonyl (C=O) groups excluding carboxylic acids is 2. The predicted molar refractivity (Wildman–Crippen MR) is 103 cm³/mol. The smallest absolute Gasteiger partial charge is 0.323 e. The molecule has 1 aliphatic rings. The maximum atomic E-state index is 12.7. The molecule has 0 saturated carbocycles. The van der Waals surface area contributed by atoms with E-state index in [1.807, 2.05) is 0 Å². The zero-order valence-corrected chi connectivity index (χ0v) is 15.0. The third kappa shape index (κ3) is 4.53. The van der Waals surface area contributed by atoms with Crippen LogP contribution in [0.25, 0.3) is 0 Å². The summed E-state index contributed by atoms with van der Waals surface area (Å²) in [7, 11) is 0. The fourth-order valence-corrected chi connectivity index (χ4v) is 3.62. The highest BCUT2D eigenvalue weighted by molar-refractivity contribution is 8.15. The molecule has 0 aromatic heterocycles. The lowest BCUT2D eigenvalue weighted by Gasteiger charge is -2.21. The van der Waals surface area contributed by atoms with Gasteiger partial charge in [-0.05, 0) is 36.2 Å². The summed E-state index contributed by atoms with van der Waals surface area (Å²) >= 11 is 1.17. The van der Waals surface area contributed by atoms with Crippen LogP contribution < -0.4 is 10.2 Å². The monoisotopic (exact) mass is 383 g/mol. The van der Waals surface area contributed by atoms with E-state index in [1.54, 1.807) is 54.6 Å². The van der Waals surface area contributed by atoms with Crippen LogP contribution in [-0.4, -0.2) is 39.9 Å². The first-order valence-corrected chi connectivity index (χ1v) is 9.05. The molecule has 1 unspecified atom stereocenters. The molecular weight excluding hydrogens is 366 g/mol. The molecule has 3 rings (SSSR count). The van der Waals surface area contributed by atoms with E-state index in [1.165, 1.54) is 16.7 Å². The number of benzene rings is 2. The number of rotatable bonds is 6. The van der Waals surface area contributed by atoms with Crippen LogP contribution in [0.1, 0.15) is 15.9 Å². The van der Waals surface area contributed by atoms with Crippen molar-refractivity contribution in [3.8, 4) is 0 Å². The van der Waals surface area contributed by atoms with Gasteiger partial charge in [-0.25, -0.2) is 0 Å². The normalized spacial score (nSPS) is 16.1. The summed E-state index contributed by atoms with van der Waals surface area (Å²) in [6, 6.07) is 15.4. The van der Waals surface area contributed by atoms with E-state index in [0.29, 0.717) is 17.7 Å². The van der Waals surface area contributed by atoms with E-state index >= 15 is 0 Å². The van der Waals surface area contributed by atoms with Gasteiger partial charge in [0.1, 0.15) is 6.54 Å². The molecule has 138 valence electrons. The van der Waals surface area contributed by atoms with Gasteiger partial charge in [-0.3, -0.25) is 24.7 Å². The number of carboxylic acids is 1. The van der Waals surface area contributed by atoms with Gasteiger partial charge in [0.15, 0.2) is 5.17 Å². The summed E-state index contributed by atoms with van der Waals surface area (Å²) in [4.78, 5) is 36.9. The van der Waals surface area contributed by atoms with E-state index in [9.17, 15) is 19.5 Å². The van der Waals surface area contributed by atoms with Gasteiger partial charge in [0.2, 0.25) is 5.91 Å². The third-order valence-corrected chi connectivity index (χ3v) is 5.02. The Morgan fingerprint density at radius 3 is 2.33 bits per heavy atom. The molecule has 0 spiro atoms. The Bertz CT molecular complexity index is 884. The van der Waals surface area contributed by atoms with Crippen molar-refractivity contribution < 1.29 is 19.5 Å². The Kier molecular flexibility index (Phi) is 5.56. The van der Waals surface area contributed by atoms with Crippen LogP contribution in [-0.2, 0) is 16.0 Å². The van der Waals surface area contributed by atoms with Gasteiger partial charge >= 0.3 is 5.97 Å². The Hall–Kier alpha value is -3.13. The molecule has 7 nitrogen and oxygen atoms in total. The van der Waals surface area contributed by atoms with Crippen LogP contribution in [0.3, 0.4) is 0 Å². The van der Waals surface area contributed by atoms with Gasteiger partial charge in [0.25, 0.3) is 5.91 Å². The van der Waals surface area contributed by atoms with Crippen molar-refractivity contribution in [3.63, 3.8) is 0 Å². The van der Waals surface area contributed by atoms with Crippen LogP contribution in [0.5, 0.6) is 0 Å². The molecule has 27 heavy (non-hydrogen) atoms. The minimum Gasteiger partial charge on any atom is -0.480 e. The van der Waals surface area contributed by atoms with Crippen molar-refractivity contribution >= 4 is 40.4 Å². The molecule has 1 aliphatic heterocycles. The largest absolute Gasteiger partial charge is 0.480 e. The Labute approximate surface area is 159 Å². The topological polar surface area (TPSA) is 111 Å². The molecule has 2 aromatic carbocycles. The molecular formula is C19H17N3O4S. The molecule has 0 aliphatic carbocycles. The highest BCUT2D eigenvalue weighted by atomic mass is 32.2. The quantitative estimate of drug-likeness (QED) is 0.708. The number of thioether (sulfide) groups is 1. The van der Waals surface area contributed by atoms with Crippen molar-refractivity contribution in [3.05, 3.63) is 65.7 Å². The summed E-state index contributed by atoms with van der Waals surface area (Å²) in [6.45, 7) is -0.453. The van der Waals surface area contributed by atoms with Gasteiger partial charge in [-0.15, -0.1) is 0 Å². The summed E-state index contributed by atoms with van der Waals surface area (Å²) in [5, 5.41) is 18.9. The number of carboxylic acid groups (broad SMARTS) is 1. The molecule has 1 heterocycles. The molecule has 2 aromatic rings. The first kappa shape index (κ1) is 18.7. The van der Waals surface area contributed by atoms with Crippen molar-refractivity contribution in [2.45, 2.75) is 11.7 Å². The number of amides is 2. The number of hydrogen-bond acceptors (Lipinski definition) is 5. The maximum Gasteiger partial charge on any atom is 0.323 e. The van der Waals surface area contributed by atoms with Crippen molar-refractivity contribution in [1.29, 1.82) is 5.41 Å². The third-order valence-electron chi connectivity index (χ3n) is 4.02. The van der Waals surface area contributed by atoms with Gasteiger partial charge < -0.3 is 10.4 Å². The number of nitrogens with one attached hydrogen (secondary N) is 2. The zero-order valence-electron chi connectivity index (χ0n) is 14.2. The Balaban J connectivity index is 1.79. The molecule has 3 N–H and O–H groups in total. The van der Waals surface area contributed by atoms with Crippen molar-refractivity contribution in [2.75, 3.05) is 11.4 Å². The minimum absolute atomic E-state index is 0.141. The summed E-state index contributed by atoms with van der Waals surface area (Å²) < 4.78 is 0. The van der Waals surface area contributed by atoms with Gasteiger partial charge in [0, 0.05) is 11.3 Å². The fourth-order valence-electron chi connectivity index (χ4n) is 2.73. The molecule has 2 amide bonds. The molecule has 0 bridgehead atoms. The second kappa shape index (κ2) is 8.05. The van der Waals surface area contributed by atoms with E-state index in [2.05, 4.69) is 5.32 Å². The van der Waals surface area contributed by atoms with Crippen LogP contribution in [0.15, 0.2) is 54.6 Å². The Morgan fingerprint density at radius 2 is 1.78 bits per heavy atom. The average molecular weight is 383 g/mol. The minimum atomic E-state index is -1.11. The fraction of sp³-hybridized carbons (Fsp3) is 0.158. The average Bonchev–Trinajstić information content (AvgIpc) is 2.97. The first-order valence-electron chi connectivity index (χ1n) is 8.18. The highest BCUT2D eigenvalue weighted by Crippen LogP contribution is 2.24. The van der Waals surface area contributed by atoms with Gasteiger partial charge in [0.05, 0.1) is 5.25 Å². The highest BCUT2D eigenvalue weighted by Gasteiger charge is 2.29. The lowest BCUT2D eigenvalue weighted by Crippen LogP contribution is -2.35. The number of anilines is 1. The standard InChI is InChI=1S/C19H17N3O4S/c20-19-21-17(25)15(27-19)10-12-6-8-14(9-7-12)22(11-16(23)24)18(26)13-4-2-1-3-5-13/h1-9,15H,10-11H2,(H,23,24)(H2,20,21,25). The lowest BCUT2D eigenvalue weighted by molar-refractivity contribution is -0.135. The van der Waals surface area contributed by atoms with Crippen LogP contribution >= 0.6 is 11.8 Å². The maximum absolute atomic E-state index is 12.7. The van der Waals surface area contributed by atoms with Crippen molar-refractivity contribution in [2.24, 2.45) is 0 Å². The van der Waals surface area contributed by atoms with E-state index < -0.39 is 18.4 Å². The number of aliphatic carboxylic acids is 1. The van der Waals surface area contributed by atoms with Crippen LogP contribution in [0.2, 0.25) is 0 Å². The number of amidine groups is 1. The molecule has 0 radical (unpaired) electrons. The summed E-state index contributed by atoms with van der Waals surface area (Å²) in [5.41, 5.74) is 1.73. The number of hydrogen-bond donors (Lipinski definition) is 3. The number of carbonyl (C=O) groups is 3. The lowest BCUT2D eigenvalue weighted by atomic mass is 10.1. The predicted octanol–water partition coefficient (Wildman–Crippen LogP) is 2.13. The van der Waals surface area contributed by atoms with Crippen molar-refractivity contribution in [1.82, 2.24) is 5.32 Å². The summed E-state index contributed by atoms with van der Waals surface area (Å²) in [5.74, 6) is -1.70. The number of nitrogens with zero attached hydrogens (tertiary/aromatic N) is 1. The van der Waals surface area contributed by atoms with Gasteiger partial charge in [-0.2, -0.15) is 0 Å². The van der Waals surface area contributed by atoms with Crippen LogP contribution in [0, 0.1) is 5.41 Å². The molecule has 1 atom stereocenters.